The van der Waals surface area contributed by atoms with Crippen molar-refractivity contribution in [2.75, 3.05) is 20.3 Å². The molecule has 1 N–H and O–H groups in total. The molecule has 0 spiro atoms. The van der Waals surface area contributed by atoms with E-state index in [0.717, 1.165) is 12.8 Å². The first-order chi connectivity index (χ1) is 8.58. The van der Waals surface area contributed by atoms with Crippen LogP contribution in [0.5, 0.6) is 0 Å². The highest BCUT2D eigenvalue weighted by atomic mass is 16.7. The molecule has 0 heterocycles. The Bertz CT molecular complexity index is 272. The molecular weight excluding hydrogens is 244 g/mol. The summed E-state index contributed by atoms with van der Waals surface area (Å²) in [5, 5.41) is 4.47. The number of hydrogen-bond acceptors (Lipinski definition) is 4. The number of hydroxylamine groups is 2. The van der Waals surface area contributed by atoms with E-state index in [1.165, 1.54) is 0 Å². The SMILES string of the molecule is CCCCNC(=O)C(C)(C)OCN(C)OC(C)(C)C. The summed E-state index contributed by atoms with van der Waals surface area (Å²) in [5.74, 6) is -0.0925. The van der Waals surface area contributed by atoms with Crippen molar-refractivity contribution in [3.05, 3.63) is 0 Å². The monoisotopic (exact) mass is 274 g/mol. The topological polar surface area (TPSA) is 50.8 Å². The first-order valence-electron chi connectivity index (χ1n) is 6.91. The number of unbranched alkanes of at least 4 members (excludes halogenated alkanes) is 1. The van der Waals surface area contributed by atoms with Gasteiger partial charge in [0.15, 0.2) is 0 Å². The summed E-state index contributed by atoms with van der Waals surface area (Å²) in [6, 6.07) is 0. The van der Waals surface area contributed by atoms with Gasteiger partial charge < -0.3 is 10.1 Å². The maximum absolute atomic E-state index is 11.9. The Hall–Kier alpha value is -0.650. The van der Waals surface area contributed by atoms with Crippen molar-refractivity contribution in [2.24, 2.45) is 0 Å². The van der Waals surface area contributed by atoms with Crippen molar-refractivity contribution >= 4 is 5.91 Å². The van der Waals surface area contributed by atoms with Crippen molar-refractivity contribution in [1.82, 2.24) is 10.4 Å². The van der Waals surface area contributed by atoms with E-state index in [9.17, 15) is 4.79 Å². The summed E-state index contributed by atoms with van der Waals surface area (Å²) in [6.45, 7) is 12.4. The lowest BCUT2D eigenvalue weighted by atomic mass is 10.1. The minimum Gasteiger partial charge on any atom is -0.354 e. The number of ether oxygens (including phenoxy) is 1. The van der Waals surface area contributed by atoms with Crippen molar-refractivity contribution < 1.29 is 14.4 Å². The van der Waals surface area contributed by atoms with E-state index in [-0.39, 0.29) is 18.2 Å². The minimum absolute atomic E-state index is 0.0925. The molecule has 1 amide bonds. The Morgan fingerprint density at radius 2 is 1.79 bits per heavy atom. The number of nitrogens with one attached hydrogen (secondary N) is 1. The average Bonchev–Trinajstić information content (AvgIpc) is 2.24. The Morgan fingerprint density at radius 1 is 1.21 bits per heavy atom. The van der Waals surface area contributed by atoms with E-state index < -0.39 is 5.60 Å². The van der Waals surface area contributed by atoms with Gasteiger partial charge in [-0.15, -0.1) is 0 Å². The number of rotatable bonds is 8. The molecule has 0 aromatic carbocycles. The second kappa shape index (κ2) is 7.82. The zero-order chi connectivity index (χ0) is 15.1. The highest BCUT2D eigenvalue weighted by molar-refractivity contribution is 5.84. The molecule has 0 radical (unpaired) electrons. The van der Waals surface area contributed by atoms with Crippen LogP contribution in [0.3, 0.4) is 0 Å². The zero-order valence-corrected chi connectivity index (χ0v) is 13.5. The van der Waals surface area contributed by atoms with Gasteiger partial charge in [0.05, 0.1) is 5.60 Å². The lowest BCUT2D eigenvalue weighted by Gasteiger charge is -2.30. The van der Waals surface area contributed by atoms with Gasteiger partial charge in [-0.1, -0.05) is 13.3 Å². The molecule has 0 aliphatic heterocycles. The summed E-state index contributed by atoms with van der Waals surface area (Å²) >= 11 is 0. The van der Waals surface area contributed by atoms with E-state index in [1.54, 1.807) is 26.0 Å². The van der Waals surface area contributed by atoms with Crippen molar-refractivity contribution in [3.63, 3.8) is 0 Å². The van der Waals surface area contributed by atoms with Crippen molar-refractivity contribution in [3.8, 4) is 0 Å². The van der Waals surface area contributed by atoms with Crippen LogP contribution in [0.15, 0.2) is 0 Å². The van der Waals surface area contributed by atoms with Gasteiger partial charge >= 0.3 is 0 Å². The number of hydrogen-bond donors (Lipinski definition) is 1. The Balaban J connectivity index is 4.11. The average molecular weight is 274 g/mol. The van der Waals surface area contributed by atoms with Gasteiger partial charge in [-0.25, -0.2) is 0 Å². The minimum atomic E-state index is -0.858. The number of carbonyl (C=O) groups excluding carboxylic acids is 1. The second-order valence-electron chi connectivity index (χ2n) is 6.22. The number of carbonyl (C=O) groups is 1. The molecule has 0 saturated heterocycles. The van der Waals surface area contributed by atoms with Crippen LogP contribution in [0, 0.1) is 0 Å². The largest absolute Gasteiger partial charge is 0.354 e. The fourth-order valence-corrected chi connectivity index (χ4v) is 1.40. The molecule has 114 valence electrons. The van der Waals surface area contributed by atoms with E-state index in [1.807, 2.05) is 20.8 Å². The molecule has 5 nitrogen and oxygen atoms in total. The highest BCUT2D eigenvalue weighted by Gasteiger charge is 2.29. The van der Waals surface area contributed by atoms with Gasteiger partial charge in [0.25, 0.3) is 5.91 Å². The maximum atomic E-state index is 11.9. The molecule has 0 bridgehead atoms. The molecule has 0 saturated carbocycles. The Kier molecular flexibility index (Phi) is 7.55. The van der Waals surface area contributed by atoms with Crippen LogP contribution >= 0.6 is 0 Å². The van der Waals surface area contributed by atoms with Crippen LogP contribution < -0.4 is 5.32 Å². The fraction of sp³-hybridized carbons (Fsp3) is 0.929. The molecule has 5 heteroatoms. The fourth-order valence-electron chi connectivity index (χ4n) is 1.40. The van der Waals surface area contributed by atoms with Gasteiger partial charge in [0.1, 0.15) is 12.3 Å². The van der Waals surface area contributed by atoms with Crippen molar-refractivity contribution in [2.45, 2.75) is 65.6 Å². The third-order valence-electron chi connectivity index (χ3n) is 2.40. The lowest BCUT2D eigenvalue weighted by molar-refractivity contribution is -0.261. The second-order valence-corrected chi connectivity index (χ2v) is 6.22. The molecule has 0 aromatic heterocycles. The Morgan fingerprint density at radius 3 is 2.26 bits per heavy atom. The Labute approximate surface area is 117 Å². The molecule has 0 rings (SSSR count). The lowest BCUT2D eigenvalue weighted by Crippen LogP contribution is -2.46. The summed E-state index contributed by atoms with van der Waals surface area (Å²) in [5.41, 5.74) is -1.13. The van der Waals surface area contributed by atoms with Gasteiger partial charge in [0.2, 0.25) is 0 Å². The van der Waals surface area contributed by atoms with E-state index in [2.05, 4.69) is 12.2 Å². The normalized spacial score (nSPS) is 12.8. The molecule has 19 heavy (non-hydrogen) atoms. The van der Waals surface area contributed by atoms with Crippen LogP contribution in [-0.4, -0.2) is 42.5 Å². The molecule has 0 aromatic rings. The third kappa shape index (κ3) is 8.97. The summed E-state index contributed by atoms with van der Waals surface area (Å²) < 4.78 is 5.62. The van der Waals surface area contributed by atoms with E-state index in [0.29, 0.717) is 6.54 Å². The zero-order valence-electron chi connectivity index (χ0n) is 13.5. The molecule has 0 unspecified atom stereocenters. The van der Waals surface area contributed by atoms with Crippen LogP contribution in [0.25, 0.3) is 0 Å². The maximum Gasteiger partial charge on any atom is 0.251 e. The smallest absolute Gasteiger partial charge is 0.251 e. The summed E-state index contributed by atoms with van der Waals surface area (Å²) in [6.07, 6.45) is 2.04. The summed E-state index contributed by atoms with van der Waals surface area (Å²) in [4.78, 5) is 17.5. The summed E-state index contributed by atoms with van der Waals surface area (Å²) in [7, 11) is 1.79. The van der Waals surface area contributed by atoms with E-state index >= 15 is 0 Å². The van der Waals surface area contributed by atoms with Crippen molar-refractivity contribution in [1.29, 1.82) is 0 Å². The first-order valence-corrected chi connectivity index (χ1v) is 6.91. The first kappa shape index (κ1) is 18.4. The molecular formula is C14H30N2O3. The predicted octanol–water partition coefficient (Wildman–Crippen LogP) is 2.32. The van der Waals surface area contributed by atoms with Gasteiger partial charge in [-0.05, 0) is 41.0 Å². The van der Waals surface area contributed by atoms with Crippen LogP contribution in [0.2, 0.25) is 0 Å². The molecule has 0 aliphatic rings. The molecule has 0 atom stereocenters. The molecule has 0 aliphatic carbocycles. The van der Waals surface area contributed by atoms with Gasteiger partial charge in [-0.3, -0.25) is 9.63 Å². The van der Waals surface area contributed by atoms with Crippen LogP contribution in [0.4, 0.5) is 0 Å². The quantitative estimate of drug-likeness (QED) is 0.419. The highest BCUT2D eigenvalue weighted by Crippen LogP contribution is 2.13. The van der Waals surface area contributed by atoms with Gasteiger partial charge in [0, 0.05) is 13.6 Å². The third-order valence-corrected chi connectivity index (χ3v) is 2.40. The standard InChI is InChI=1S/C14H30N2O3/c1-8-9-10-15-12(17)14(5,6)18-11-16(7)19-13(2,3)4/h8-11H2,1-7H3,(H,15,17). The van der Waals surface area contributed by atoms with E-state index in [4.69, 9.17) is 9.57 Å². The number of amides is 1. The van der Waals surface area contributed by atoms with Gasteiger partial charge in [-0.2, -0.15) is 5.06 Å². The predicted molar refractivity (Wildman–Crippen MR) is 76.5 cm³/mol. The van der Waals surface area contributed by atoms with Crippen LogP contribution in [0.1, 0.15) is 54.4 Å². The molecule has 0 fully saturated rings. The van der Waals surface area contributed by atoms with Crippen LogP contribution in [-0.2, 0) is 14.4 Å². The number of nitrogens with zero attached hydrogens (tertiary/aromatic N) is 1.